The van der Waals surface area contributed by atoms with Crippen molar-refractivity contribution in [1.82, 2.24) is 15.5 Å². The van der Waals surface area contributed by atoms with Gasteiger partial charge in [-0.05, 0) is 20.9 Å². The number of nitrogens with zero attached hydrogens (tertiary/aromatic N) is 1. The van der Waals surface area contributed by atoms with Crippen LogP contribution in [0.5, 0.6) is 0 Å². The first kappa shape index (κ1) is 17.7. The Bertz CT molecular complexity index is 155. The third kappa shape index (κ3) is 23.3. The number of hydrogen-bond donors (Lipinski definition) is 3. The first-order valence-corrected chi connectivity index (χ1v) is 5.65. The van der Waals surface area contributed by atoms with Gasteiger partial charge in [0.25, 0.3) is 0 Å². The van der Waals surface area contributed by atoms with Gasteiger partial charge in [0, 0.05) is 46.3 Å². The van der Waals surface area contributed by atoms with Gasteiger partial charge in [-0.25, -0.2) is 0 Å². The highest BCUT2D eigenvalue weighted by molar-refractivity contribution is 5.72. The lowest BCUT2D eigenvalue weighted by molar-refractivity contribution is -0.118. The van der Waals surface area contributed by atoms with Crippen LogP contribution in [0.3, 0.4) is 0 Å². The van der Waals surface area contributed by atoms with Gasteiger partial charge in [-0.15, -0.1) is 0 Å². The second-order valence-electron chi connectivity index (χ2n) is 3.95. The van der Waals surface area contributed by atoms with Gasteiger partial charge >= 0.3 is 0 Å². The number of nitrogens with one attached hydrogen (secondary N) is 2. The van der Waals surface area contributed by atoms with Crippen molar-refractivity contribution in [3.63, 3.8) is 0 Å². The molecule has 0 aromatic carbocycles. The number of hydrogen-bond acceptors (Lipinski definition) is 4. The van der Waals surface area contributed by atoms with Crippen LogP contribution in [-0.4, -0.2) is 62.3 Å². The lowest BCUT2D eigenvalue weighted by Crippen LogP contribution is -2.40. The maximum Gasteiger partial charge on any atom is 0.216 e. The van der Waals surface area contributed by atoms with Crippen molar-refractivity contribution < 1.29 is 9.90 Å². The highest BCUT2D eigenvalue weighted by atomic mass is 16.3. The second-order valence-corrected chi connectivity index (χ2v) is 3.95. The van der Waals surface area contributed by atoms with E-state index in [1.165, 1.54) is 20.0 Å². The molecule has 1 amide bonds. The van der Waals surface area contributed by atoms with Crippen molar-refractivity contribution in [3.05, 3.63) is 0 Å². The largest absolute Gasteiger partial charge is 0.394 e. The summed E-state index contributed by atoms with van der Waals surface area (Å²) in [6.45, 7) is 9.66. The van der Waals surface area contributed by atoms with Gasteiger partial charge in [0.15, 0.2) is 0 Å². The summed E-state index contributed by atoms with van der Waals surface area (Å²) in [6, 6.07) is 0. The van der Waals surface area contributed by atoms with Crippen LogP contribution in [0.1, 0.15) is 20.8 Å². The number of carbonyl (C=O) groups is 1. The van der Waals surface area contributed by atoms with Gasteiger partial charge in [0.1, 0.15) is 0 Å². The van der Waals surface area contributed by atoms with Crippen LogP contribution in [0.2, 0.25) is 0 Å². The number of piperazine rings is 1. The molecule has 0 spiro atoms. The van der Waals surface area contributed by atoms with E-state index in [0.29, 0.717) is 0 Å². The van der Waals surface area contributed by atoms with Crippen LogP contribution < -0.4 is 10.6 Å². The number of carbonyl (C=O) groups excluding carboxylic acids is 1. The van der Waals surface area contributed by atoms with Crippen LogP contribution in [-0.2, 0) is 4.79 Å². The Hall–Kier alpha value is -0.650. The van der Waals surface area contributed by atoms with Crippen molar-refractivity contribution in [1.29, 1.82) is 0 Å². The maximum absolute atomic E-state index is 9.70. The summed E-state index contributed by atoms with van der Waals surface area (Å²) in [4.78, 5) is 12.0. The quantitative estimate of drug-likeness (QED) is 0.536. The molecule has 0 bridgehead atoms. The lowest BCUT2D eigenvalue weighted by Gasteiger charge is -2.21. The van der Waals surface area contributed by atoms with Crippen LogP contribution in [0.4, 0.5) is 0 Å². The maximum atomic E-state index is 9.70. The molecule has 0 aromatic rings. The van der Waals surface area contributed by atoms with Gasteiger partial charge in [-0.2, -0.15) is 0 Å². The monoisotopic (exact) mass is 233 g/mol. The zero-order valence-corrected chi connectivity index (χ0v) is 11.2. The minimum absolute atomic E-state index is 0.00463. The van der Waals surface area contributed by atoms with Crippen molar-refractivity contribution in [2.45, 2.75) is 26.9 Å². The molecule has 5 nitrogen and oxygen atoms in total. The van der Waals surface area contributed by atoms with Crippen LogP contribution in [0.25, 0.3) is 0 Å². The molecule has 1 heterocycles. The molecule has 0 atom stereocenters. The predicted octanol–water partition coefficient (Wildman–Crippen LogP) is -0.339. The summed E-state index contributed by atoms with van der Waals surface area (Å²) in [6.07, 6.45) is -0.167. The fraction of sp³-hybridized carbons (Fsp3) is 0.909. The minimum Gasteiger partial charge on any atom is -0.394 e. The minimum atomic E-state index is -0.167. The van der Waals surface area contributed by atoms with Crippen LogP contribution in [0, 0.1) is 0 Å². The Kier molecular flexibility index (Phi) is 13.8. The number of aliphatic hydroxyl groups excluding tert-OH is 1. The van der Waals surface area contributed by atoms with E-state index in [0.717, 1.165) is 13.1 Å². The van der Waals surface area contributed by atoms with Gasteiger partial charge in [-0.3, -0.25) is 4.79 Å². The van der Waals surface area contributed by atoms with Gasteiger partial charge in [-0.1, -0.05) is 0 Å². The van der Waals surface area contributed by atoms with Crippen molar-refractivity contribution in [2.75, 3.05) is 40.3 Å². The summed E-state index contributed by atoms with van der Waals surface area (Å²) < 4.78 is 0. The van der Waals surface area contributed by atoms with Crippen LogP contribution >= 0.6 is 0 Å². The summed E-state index contributed by atoms with van der Waals surface area (Å²) in [7, 11) is 3.75. The molecule has 1 saturated heterocycles. The Morgan fingerprint density at radius 3 is 1.81 bits per heavy atom. The number of aliphatic hydroxyl groups is 1. The molecule has 16 heavy (non-hydrogen) atoms. The van der Waals surface area contributed by atoms with Crippen molar-refractivity contribution in [2.24, 2.45) is 0 Å². The standard InChI is InChI=1S/C5H12N2.C3H7NO.C3H8O/c1-7-4-2-6-3-5-7;1-3(5)4-2;1-3(2)4/h6H,2-5H2,1H3;1-2H3,(H,4,5);3-4H,1-2H3. The highest BCUT2D eigenvalue weighted by Crippen LogP contribution is 1.83. The topological polar surface area (TPSA) is 64.6 Å². The molecule has 1 aliphatic heterocycles. The van der Waals surface area contributed by atoms with Gasteiger partial charge in [0.2, 0.25) is 5.91 Å². The third-order valence-corrected chi connectivity index (χ3v) is 1.69. The molecule has 3 N–H and O–H groups in total. The van der Waals surface area contributed by atoms with E-state index in [-0.39, 0.29) is 12.0 Å². The zero-order chi connectivity index (χ0) is 13.0. The lowest BCUT2D eigenvalue weighted by atomic mass is 10.4. The Labute approximate surface area is 99.2 Å². The Balaban J connectivity index is 0. The van der Waals surface area contributed by atoms with E-state index >= 15 is 0 Å². The normalized spacial score (nSPS) is 15.4. The first-order valence-electron chi connectivity index (χ1n) is 5.65. The Morgan fingerprint density at radius 2 is 1.69 bits per heavy atom. The average molecular weight is 233 g/mol. The number of rotatable bonds is 0. The molecule has 0 aliphatic carbocycles. The van der Waals surface area contributed by atoms with E-state index in [1.807, 2.05) is 0 Å². The molecule has 5 heteroatoms. The molecule has 1 rings (SSSR count). The van der Waals surface area contributed by atoms with E-state index in [9.17, 15) is 4.79 Å². The number of likely N-dealkylation sites (N-methyl/N-ethyl adjacent to an activating group) is 1. The Morgan fingerprint density at radius 1 is 1.38 bits per heavy atom. The number of amides is 1. The van der Waals surface area contributed by atoms with Crippen molar-refractivity contribution in [3.8, 4) is 0 Å². The van der Waals surface area contributed by atoms with Crippen LogP contribution in [0.15, 0.2) is 0 Å². The third-order valence-electron chi connectivity index (χ3n) is 1.69. The molecular formula is C11H27N3O2. The molecule has 0 aromatic heterocycles. The summed E-state index contributed by atoms with van der Waals surface area (Å²) in [5.74, 6) is 0.00463. The van der Waals surface area contributed by atoms with E-state index < -0.39 is 0 Å². The van der Waals surface area contributed by atoms with Gasteiger partial charge in [0.05, 0.1) is 0 Å². The second kappa shape index (κ2) is 12.4. The summed E-state index contributed by atoms with van der Waals surface area (Å²) in [5.41, 5.74) is 0. The molecule has 1 aliphatic rings. The van der Waals surface area contributed by atoms with Crippen molar-refractivity contribution >= 4 is 5.91 Å². The van der Waals surface area contributed by atoms with E-state index in [1.54, 1.807) is 20.9 Å². The zero-order valence-electron chi connectivity index (χ0n) is 11.2. The highest BCUT2D eigenvalue weighted by Gasteiger charge is 2.01. The molecule has 0 saturated carbocycles. The molecule has 0 unspecified atom stereocenters. The fourth-order valence-electron chi connectivity index (χ4n) is 0.777. The smallest absolute Gasteiger partial charge is 0.216 e. The summed E-state index contributed by atoms with van der Waals surface area (Å²) >= 11 is 0. The average Bonchev–Trinajstić information content (AvgIpc) is 2.19. The SMILES string of the molecule is CC(C)O.CN1CCNCC1.CNC(C)=O. The van der Waals surface area contributed by atoms with E-state index in [4.69, 9.17) is 5.11 Å². The molecule has 0 radical (unpaired) electrons. The molecule has 98 valence electrons. The van der Waals surface area contributed by atoms with E-state index in [2.05, 4.69) is 22.6 Å². The van der Waals surface area contributed by atoms with Gasteiger partial charge < -0.3 is 20.6 Å². The summed E-state index contributed by atoms with van der Waals surface area (Å²) in [5, 5.41) is 13.7. The molecule has 1 fully saturated rings. The molecular weight excluding hydrogens is 206 g/mol. The predicted molar refractivity (Wildman–Crippen MR) is 67.5 cm³/mol. The fourth-order valence-corrected chi connectivity index (χ4v) is 0.777. The first-order chi connectivity index (χ1) is 7.40.